The van der Waals surface area contributed by atoms with Gasteiger partial charge in [0.05, 0.1) is 11.5 Å². The zero-order valence-electron chi connectivity index (χ0n) is 11.4. The minimum Gasteiger partial charge on any atom is -0.393 e. The number of hydrogen-bond acceptors (Lipinski definition) is 7. The second-order valence-corrected chi connectivity index (χ2v) is 6.56. The van der Waals surface area contributed by atoms with Crippen LogP contribution in [0.3, 0.4) is 0 Å². The van der Waals surface area contributed by atoms with E-state index < -0.39 is 0 Å². The zero-order valence-corrected chi connectivity index (χ0v) is 12.2. The number of hydrazine groups is 1. The molecule has 0 bridgehead atoms. The Balaban J connectivity index is 1.82. The zero-order chi connectivity index (χ0) is 14.1. The number of aryl methyl sites for hydroxylation is 1. The molecule has 2 heterocycles. The van der Waals surface area contributed by atoms with Crippen molar-refractivity contribution in [1.29, 1.82) is 0 Å². The summed E-state index contributed by atoms with van der Waals surface area (Å²) in [5, 5.41) is 14.0. The predicted molar refractivity (Wildman–Crippen MR) is 81.8 cm³/mol. The average Bonchev–Trinajstić information content (AvgIpc) is 3.00. The molecule has 0 aliphatic heterocycles. The first-order chi connectivity index (χ1) is 9.65. The fourth-order valence-corrected chi connectivity index (χ4v) is 3.60. The average molecular weight is 293 g/mol. The van der Waals surface area contributed by atoms with E-state index in [4.69, 9.17) is 5.84 Å². The van der Waals surface area contributed by atoms with Gasteiger partial charge >= 0.3 is 0 Å². The van der Waals surface area contributed by atoms with Gasteiger partial charge in [0.25, 0.3) is 0 Å². The second-order valence-electron chi connectivity index (χ2n) is 5.33. The van der Waals surface area contributed by atoms with Crippen molar-refractivity contribution in [2.45, 2.75) is 32.3 Å². The standard InChI is InChI=1S/C13H19N5OS/c1-7-4-10-11(15-6-8-2-3-9(19)5-8)16-13(18-14)17-12(10)20-7/h4,8-9,19H,2-3,5-6,14H2,1H3,(H2,15,16,17,18). The molecule has 7 heteroatoms. The number of aliphatic hydroxyl groups is 1. The van der Waals surface area contributed by atoms with E-state index in [1.165, 1.54) is 4.88 Å². The Labute approximate surface area is 121 Å². The Bertz CT molecular complexity index is 614. The Morgan fingerprint density at radius 3 is 3.00 bits per heavy atom. The van der Waals surface area contributed by atoms with Crippen LogP contribution in [0.15, 0.2) is 6.07 Å². The van der Waals surface area contributed by atoms with Crippen molar-refractivity contribution < 1.29 is 5.11 Å². The SMILES string of the molecule is Cc1cc2c(NCC3CCC(O)C3)nc(NN)nc2s1. The summed E-state index contributed by atoms with van der Waals surface area (Å²) in [4.78, 5) is 10.9. The van der Waals surface area contributed by atoms with Gasteiger partial charge in [0, 0.05) is 11.4 Å². The third-order valence-corrected chi connectivity index (χ3v) is 4.66. The number of thiophene rings is 1. The normalized spacial score (nSPS) is 22.4. The molecule has 2 atom stereocenters. The number of nitrogens with one attached hydrogen (secondary N) is 2. The molecule has 1 saturated carbocycles. The summed E-state index contributed by atoms with van der Waals surface area (Å²) >= 11 is 1.63. The maximum Gasteiger partial charge on any atom is 0.240 e. The Kier molecular flexibility index (Phi) is 3.73. The first kappa shape index (κ1) is 13.5. The molecular formula is C13H19N5OS. The third-order valence-electron chi connectivity index (χ3n) is 3.72. The monoisotopic (exact) mass is 293 g/mol. The number of rotatable bonds is 4. The van der Waals surface area contributed by atoms with Gasteiger partial charge in [0.2, 0.25) is 5.95 Å². The molecule has 2 unspecified atom stereocenters. The first-order valence-electron chi connectivity index (χ1n) is 6.82. The molecule has 1 aliphatic rings. The van der Waals surface area contributed by atoms with Crippen LogP contribution >= 0.6 is 11.3 Å². The lowest BCUT2D eigenvalue weighted by molar-refractivity contribution is 0.178. The summed E-state index contributed by atoms with van der Waals surface area (Å²) in [5.74, 6) is 7.16. The quantitative estimate of drug-likeness (QED) is 0.507. The molecule has 2 aromatic heterocycles. The van der Waals surface area contributed by atoms with Crippen molar-refractivity contribution in [2.24, 2.45) is 11.8 Å². The van der Waals surface area contributed by atoms with Crippen LogP contribution in [0.4, 0.5) is 11.8 Å². The first-order valence-corrected chi connectivity index (χ1v) is 7.64. The summed E-state index contributed by atoms with van der Waals surface area (Å²) in [6.07, 6.45) is 2.69. The number of aliphatic hydroxyl groups excluding tert-OH is 1. The van der Waals surface area contributed by atoms with Gasteiger partial charge in [0.1, 0.15) is 10.6 Å². The Hall–Kier alpha value is -1.44. The lowest BCUT2D eigenvalue weighted by atomic mass is 10.1. The highest BCUT2D eigenvalue weighted by Gasteiger charge is 2.23. The van der Waals surface area contributed by atoms with E-state index in [1.54, 1.807) is 11.3 Å². The van der Waals surface area contributed by atoms with Crippen molar-refractivity contribution >= 4 is 33.3 Å². The highest BCUT2D eigenvalue weighted by molar-refractivity contribution is 7.18. The van der Waals surface area contributed by atoms with Crippen LogP contribution in [0.1, 0.15) is 24.1 Å². The van der Waals surface area contributed by atoms with E-state index in [1.807, 2.05) is 0 Å². The van der Waals surface area contributed by atoms with E-state index in [2.05, 4.69) is 33.7 Å². The van der Waals surface area contributed by atoms with Crippen LogP contribution in [-0.2, 0) is 0 Å². The number of nitrogens with zero attached hydrogens (tertiary/aromatic N) is 2. The highest BCUT2D eigenvalue weighted by Crippen LogP contribution is 2.31. The molecular weight excluding hydrogens is 274 g/mol. The molecule has 0 saturated heterocycles. The third kappa shape index (κ3) is 2.70. The van der Waals surface area contributed by atoms with Crippen LogP contribution in [0.25, 0.3) is 10.2 Å². The molecule has 1 aliphatic carbocycles. The molecule has 108 valence electrons. The highest BCUT2D eigenvalue weighted by atomic mass is 32.1. The summed E-state index contributed by atoms with van der Waals surface area (Å²) in [6, 6.07) is 2.09. The number of nitrogens with two attached hydrogens (primary N) is 1. The van der Waals surface area contributed by atoms with Crippen LogP contribution < -0.4 is 16.6 Å². The van der Waals surface area contributed by atoms with Crippen molar-refractivity contribution in [3.05, 3.63) is 10.9 Å². The summed E-state index contributed by atoms with van der Waals surface area (Å²) < 4.78 is 0. The number of fused-ring (bicyclic) bond motifs is 1. The van der Waals surface area contributed by atoms with Crippen molar-refractivity contribution in [1.82, 2.24) is 9.97 Å². The van der Waals surface area contributed by atoms with E-state index >= 15 is 0 Å². The van der Waals surface area contributed by atoms with E-state index in [0.717, 1.165) is 41.8 Å². The van der Waals surface area contributed by atoms with Crippen LogP contribution in [0.5, 0.6) is 0 Å². The minimum atomic E-state index is -0.142. The van der Waals surface area contributed by atoms with E-state index in [-0.39, 0.29) is 6.10 Å². The molecule has 6 nitrogen and oxygen atoms in total. The number of nitrogen functional groups attached to an aromatic ring is 1. The summed E-state index contributed by atoms with van der Waals surface area (Å²) in [7, 11) is 0. The van der Waals surface area contributed by atoms with Gasteiger partial charge in [-0.3, -0.25) is 5.43 Å². The topological polar surface area (TPSA) is 96.1 Å². The Morgan fingerprint density at radius 1 is 1.45 bits per heavy atom. The number of hydrogen-bond donors (Lipinski definition) is 4. The van der Waals surface area contributed by atoms with Gasteiger partial charge < -0.3 is 10.4 Å². The molecule has 3 rings (SSSR count). The van der Waals surface area contributed by atoms with Crippen molar-refractivity contribution in [3.63, 3.8) is 0 Å². The summed E-state index contributed by atoms with van der Waals surface area (Å²) in [5.41, 5.74) is 2.51. The Morgan fingerprint density at radius 2 is 2.30 bits per heavy atom. The van der Waals surface area contributed by atoms with Crippen molar-refractivity contribution in [3.8, 4) is 0 Å². The lowest BCUT2D eigenvalue weighted by Gasteiger charge is -2.12. The number of aromatic nitrogens is 2. The summed E-state index contributed by atoms with van der Waals surface area (Å²) in [6.45, 7) is 2.88. The maximum atomic E-state index is 9.58. The number of anilines is 2. The molecule has 0 aromatic carbocycles. The van der Waals surface area contributed by atoms with Gasteiger partial charge in [-0.25, -0.2) is 10.8 Å². The smallest absolute Gasteiger partial charge is 0.240 e. The molecule has 20 heavy (non-hydrogen) atoms. The van der Waals surface area contributed by atoms with Crippen molar-refractivity contribution in [2.75, 3.05) is 17.3 Å². The van der Waals surface area contributed by atoms with E-state index in [9.17, 15) is 5.11 Å². The molecule has 0 spiro atoms. The van der Waals surface area contributed by atoms with Crippen LogP contribution in [0.2, 0.25) is 0 Å². The fraction of sp³-hybridized carbons (Fsp3) is 0.538. The molecule has 2 aromatic rings. The predicted octanol–water partition coefficient (Wildman–Crippen LogP) is 1.86. The maximum absolute atomic E-state index is 9.58. The van der Waals surface area contributed by atoms with Gasteiger partial charge in [-0.15, -0.1) is 11.3 Å². The van der Waals surface area contributed by atoms with Crippen LogP contribution in [0, 0.1) is 12.8 Å². The largest absolute Gasteiger partial charge is 0.393 e. The van der Waals surface area contributed by atoms with Gasteiger partial charge in [-0.05, 0) is 38.2 Å². The second kappa shape index (κ2) is 5.51. The van der Waals surface area contributed by atoms with E-state index in [0.29, 0.717) is 11.9 Å². The molecule has 5 N–H and O–H groups in total. The molecule has 0 amide bonds. The molecule has 1 fully saturated rings. The van der Waals surface area contributed by atoms with Gasteiger partial charge in [-0.1, -0.05) is 0 Å². The van der Waals surface area contributed by atoms with Gasteiger partial charge in [-0.2, -0.15) is 4.98 Å². The lowest BCUT2D eigenvalue weighted by Crippen LogP contribution is -2.15. The minimum absolute atomic E-state index is 0.142. The van der Waals surface area contributed by atoms with Gasteiger partial charge in [0.15, 0.2) is 0 Å². The fourth-order valence-electron chi connectivity index (χ4n) is 2.72. The van der Waals surface area contributed by atoms with Crippen LogP contribution in [-0.4, -0.2) is 27.7 Å². The molecule has 0 radical (unpaired) electrons.